The maximum absolute atomic E-state index is 12.8. The number of aromatic nitrogens is 1. The number of carbonyl (C=O) groups excluding carboxylic acids is 1. The van der Waals surface area contributed by atoms with Crippen LogP contribution in [0.1, 0.15) is 12.0 Å². The maximum Gasteiger partial charge on any atom is 0.266 e. The number of carbonyl (C=O) groups is 1. The molecule has 0 spiro atoms. The van der Waals surface area contributed by atoms with Crippen LogP contribution in [0.25, 0.3) is 17.0 Å². The van der Waals surface area contributed by atoms with Crippen molar-refractivity contribution in [3.05, 3.63) is 47.0 Å². The predicted molar refractivity (Wildman–Crippen MR) is 113 cm³/mol. The van der Waals surface area contributed by atoms with Crippen LogP contribution in [0.4, 0.5) is 0 Å². The van der Waals surface area contributed by atoms with Gasteiger partial charge in [0.25, 0.3) is 5.91 Å². The Morgan fingerprint density at radius 2 is 2.00 bits per heavy atom. The van der Waals surface area contributed by atoms with Crippen molar-refractivity contribution in [2.24, 2.45) is 0 Å². The van der Waals surface area contributed by atoms with Crippen LogP contribution in [0.3, 0.4) is 0 Å². The van der Waals surface area contributed by atoms with E-state index in [0.717, 1.165) is 55.7 Å². The molecule has 1 aromatic heterocycles. The topological polar surface area (TPSA) is 45.7 Å². The number of para-hydroxylation sites is 1. The minimum absolute atomic E-state index is 0.0000818. The number of nitrogens with zero attached hydrogens (tertiary/aromatic N) is 3. The van der Waals surface area contributed by atoms with E-state index in [1.54, 1.807) is 11.1 Å². The summed E-state index contributed by atoms with van der Waals surface area (Å²) in [6.45, 7) is 5.14. The van der Waals surface area contributed by atoms with E-state index in [1.165, 1.54) is 11.8 Å². The molecular formula is C20H21N3O2S2. The first kappa shape index (κ1) is 18.6. The first-order chi connectivity index (χ1) is 13.2. The number of thioether (sulfide) groups is 1. The molecule has 0 unspecified atom stereocenters. The fourth-order valence-electron chi connectivity index (χ4n) is 3.36. The number of hydrogen-bond donors (Lipinski definition) is 0. The zero-order valence-corrected chi connectivity index (χ0v) is 16.6. The lowest BCUT2D eigenvalue weighted by Gasteiger charge is -2.27. The summed E-state index contributed by atoms with van der Waals surface area (Å²) in [7, 11) is 0. The minimum Gasteiger partial charge on any atom is -0.379 e. The van der Waals surface area contributed by atoms with Gasteiger partial charge in [0.15, 0.2) is 0 Å². The van der Waals surface area contributed by atoms with Crippen molar-refractivity contribution in [1.82, 2.24) is 14.8 Å². The van der Waals surface area contributed by atoms with Gasteiger partial charge in [-0.05, 0) is 18.6 Å². The second kappa shape index (κ2) is 8.48. The van der Waals surface area contributed by atoms with E-state index in [4.69, 9.17) is 17.0 Å². The number of hydrogen-bond acceptors (Lipinski definition) is 6. The van der Waals surface area contributed by atoms with Crippen LogP contribution in [-0.2, 0) is 9.53 Å². The van der Waals surface area contributed by atoms with Gasteiger partial charge >= 0.3 is 0 Å². The van der Waals surface area contributed by atoms with Crippen molar-refractivity contribution >= 4 is 51.2 Å². The lowest BCUT2D eigenvalue weighted by Crippen LogP contribution is -2.38. The highest BCUT2D eigenvalue weighted by molar-refractivity contribution is 8.26. The minimum atomic E-state index is -0.0000818. The molecule has 2 saturated heterocycles. The van der Waals surface area contributed by atoms with E-state index in [0.29, 0.717) is 15.8 Å². The lowest BCUT2D eigenvalue weighted by molar-refractivity contribution is -0.122. The van der Waals surface area contributed by atoms with Gasteiger partial charge in [-0.2, -0.15) is 0 Å². The number of pyridine rings is 1. The summed E-state index contributed by atoms with van der Waals surface area (Å²) in [6.07, 6.45) is 4.60. The standard InChI is InChI=1S/C20H21N3O2S2/c24-19-17(14-16-5-1-4-15-6-2-7-21-18(15)16)27-20(26)23(19)9-3-8-22-10-12-25-13-11-22/h1-2,4-7,14H,3,8-13H2. The average Bonchev–Trinajstić information content (AvgIpc) is 2.96. The number of benzene rings is 1. The number of thiocarbonyl (C=S) groups is 1. The summed E-state index contributed by atoms with van der Waals surface area (Å²) >= 11 is 6.83. The monoisotopic (exact) mass is 399 g/mol. The van der Waals surface area contributed by atoms with Gasteiger partial charge in [-0.15, -0.1) is 0 Å². The van der Waals surface area contributed by atoms with Crippen LogP contribution in [0.2, 0.25) is 0 Å². The zero-order chi connectivity index (χ0) is 18.6. The van der Waals surface area contributed by atoms with Gasteiger partial charge in [-0.3, -0.25) is 19.6 Å². The molecule has 1 amide bonds. The fraction of sp³-hybridized carbons (Fsp3) is 0.350. The smallest absolute Gasteiger partial charge is 0.266 e. The maximum atomic E-state index is 12.8. The van der Waals surface area contributed by atoms with Crippen LogP contribution in [0, 0.1) is 0 Å². The molecular weight excluding hydrogens is 378 g/mol. The third kappa shape index (κ3) is 4.21. The number of morpholine rings is 1. The van der Waals surface area contributed by atoms with Crippen molar-refractivity contribution in [3.8, 4) is 0 Å². The third-order valence-corrected chi connectivity index (χ3v) is 6.16. The normalized spacial score (nSPS) is 20.1. The Labute approximate surface area is 168 Å². The third-order valence-electron chi connectivity index (χ3n) is 4.78. The molecule has 4 rings (SSSR count). The van der Waals surface area contributed by atoms with Gasteiger partial charge < -0.3 is 4.74 Å². The Kier molecular flexibility index (Phi) is 5.83. The van der Waals surface area contributed by atoms with Crippen molar-refractivity contribution in [3.63, 3.8) is 0 Å². The zero-order valence-electron chi connectivity index (χ0n) is 15.0. The Balaban J connectivity index is 1.44. The molecule has 5 nitrogen and oxygen atoms in total. The van der Waals surface area contributed by atoms with Crippen molar-refractivity contribution < 1.29 is 9.53 Å². The van der Waals surface area contributed by atoms with Gasteiger partial charge in [-0.1, -0.05) is 48.2 Å². The summed E-state index contributed by atoms with van der Waals surface area (Å²) in [5, 5.41) is 1.06. The molecule has 2 aliphatic heterocycles. The first-order valence-electron chi connectivity index (χ1n) is 9.11. The number of fused-ring (bicyclic) bond motifs is 1. The molecule has 0 saturated carbocycles. The van der Waals surface area contributed by atoms with E-state index >= 15 is 0 Å². The summed E-state index contributed by atoms with van der Waals surface area (Å²) in [4.78, 5) is 22.1. The summed E-state index contributed by atoms with van der Waals surface area (Å²) in [5.74, 6) is -0.0000818. The molecule has 0 bridgehead atoms. The van der Waals surface area contributed by atoms with E-state index in [-0.39, 0.29) is 5.91 Å². The first-order valence-corrected chi connectivity index (χ1v) is 10.3. The fourth-order valence-corrected chi connectivity index (χ4v) is 4.65. The van der Waals surface area contributed by atoms with Gasteiger partial charge in [0.2, 0.25) is 0 Å². The van der Waals surface area contributed by atoms with Gasteiger partial charge in [0, 0.05) is 43.3 Å². The van der Waals surface area contributed by atoms with Crippen molar-refractivity contribution in [2.45, 2.75) is 6.42 Å². The average molecular weight is 400 g/mol. The molecule has 3 heterocycles. The van der Waals surface area contributed by atoms with Crippen LogP contribution in [0.15, 0.2) is 41.4 Å². The van der Waals surface area contributed by atoms with Gasteiger partial charge in [0.05, 0.1) is 23.6 Å². The number of ether oxygens (including phenoxy) is 1. The Morgan fingerprint density at radius 1 is 1.19 bits per heavy atom. The summed E-state index contributed by atoms with van der Waals surface area (Å²) < 4.78 is 6.01. The van der Waals surface area contributed by atoms with Crippen LogP contribution >= 0.6 is 24.0 Å². The molecule has 0 N–H and O–H groups in total. The second-order valence-corrected chi connectivity index (χ2v) is 8.24. The molecule has 2 aromatic rings. The molecule has 2 fully saturated rings. The molecule has 0 atom stereocenters. The highest BCUT2D eigenvalue weighted by Crippen LogP contribution is 2.33. The Hall–Kier alpha value is -1.80. The molecule has 2 aliphatic rings. The van der Waals surface area contributed by atoms with Crippen LogP contribution in [0.5, 0.6) is 0 Å². The molecule has 27 heavy (non-hydrogen) atoms. The quantitative estimate of drug-likeness (QED) is 0.569. The van der Waals surface area contributed by atoms with Gasteiger partial charge in [-0.25, -0.2) is 0 Å². The molecule has 140 valence electrons. The number of amides is 1. The van der Waals surface area contributed by atoms with E-state index in [9.17, 15) is 4.79 Å². The van der Waals surface area contributed by atoms with Crippen LogP contribution < -0.4 is 0 Å². The Morgan fingerprint density at radius 3 is 2.85 bits per heavy atom. The SMILES string of the molecule is O=C1C(=Cc2cccc3cccnc23)SC(=S)N1CCCN1CCOCC1. The highest BCUT2D eigenvalue weighted by atomic mass is 32.2. The van der Waals surface area contributed by atoms with E-state index in [2.05, 4.69) is 9.88 Å². The lowest BCUT2D eigenvalue weighted by atomic mass is 10.1. The van der Waals surface area contributed by atoms with E-state index in [1.807, 2.05) is 36.4 Å². The van der Waals surface area contributed by atoms with Crippen molar-refractivity contribution in [2.75, 3.05) is 39.4 Å². The largest absolute Gasteiger partial charge is 0.379 e. The van der Waals surface area contributed by atoms with Crippen molar-refractivity contribution in [1.29, 1.82) is 0 Å². The molecule has 1 aromatic carbocycles. The summed E-state index contributed by atoms with van der Waals surface area (Å²) in [5.41, 5.74) is 1.85. The van der Waals surface area contributed by atoms with Crippen LogP contribution in [-0.4, -0.2) is 64.4 Å². The number of rotatable bonds is 5. The molecule has 0 aliphatic carbocycles. The van der Waals surface area contributed by atoms with E-state index < -0.39 is 0 Å². The van der Waals surface area contributed by atoms with Gasteiger partial charge in [0.1, 0.15) is 4.32 Å². The second-order valence-electron chi connectivity index (χ2n) is 6.56. The molecule has 7 heteroatoms. The predicted octanol–water partition coefficient (Wildman–Crippen LogP) is 3.16. The summed E-state index contributed by atoms with van der Waals surface area (Å²) in [6, 6.07) is 9.94. The molecule has 0 radical (unpaired) electrons. The Bertz CT molecular complexity index is 888. The highest BCUT2D eigenvalue weighted by Gasteiger charge is 2.31.